The number of nitrogens with two attached hydrogens (primary N) is 2. The maximum atomic E-state index is 14.9. The molecule has 0 spiro atoms. The molecule has 4 rings (SSSR count). The van der Waals surface area contributed by atoms with Gasteiger partial charge >= 0.3 is 12.4 Å². The molecule has 0 atom stereocenters. The van der Waals surface area contributed by atoms with Gasteiger partial charge in [0.05, 0.1) is 33.9 Å². The van der Waals surface area contributed by atoms with Crippen molar-refractivity contribution in [3.05, 3.63) is 107 Å². The van der Waals surface area contributed by atoms with Crippen molar-refractivity contribution in [3.8, 4) is 22.5 Å². The molecule has 0 aliphatic heterocycles. The first kappa shape index (κ1) is 37.7. The monoisotopic (exact) mass is 676 g/mol. The Balaban J connectivity index is 0.000000260. The number of nitrogens with zero attached hydrogens (tertiary/aromatic N) is 2. The lowest BCUT2D eigenvalue weighted by Gasteiger charge is -2.19. The minimum absolute atomic E-state index is 0.00678. The minimum Gasteiger partial charge on any atom is -0.397 e. The van der Waals surface area contributed by atoms with E-state index in [1.54, 1.807) is 27.7 Å². The molecule has 0 amide bonds. The van der Waals surface area contributed by atoms with Crippen LogP contribution < -0.4 is 11.5 Å². The number of benzene rings is 2. The average molecular weight is 677 g/mol. The highest BCUT2D eigenvalue weighted by Crippen LogP contribution is 2.39. The molecule has 0 fully saturated rings. The summed E-state index contributed by atoms with van der Waals surface area (Å²) < 4.78 is 107. The highest BCUT2D eigenvalue weighted by atomic mass is 19.4. The van der Waals surface area contributed by atoms with Crippen LogP contribution in [-0.4, -0.2) is 9.97 Å². The topological polar surface area (TPSA) is 77.8 Å². The van der Waals surface area contributed by atoms with Gasteiger partial charge < -0.3 is 11.5 Å². The molecule has 4 N–H and O–H groups in total. The highest BCUT2D eigenvalue weighted by Gasteiger charge is 2.32. The fraction of sp³-hybridized carbons (Fsp3) is 0.278. The van der Waals surface area contributed by atoms with Crippen LogP contribution in [0.15, 0.2) is 61.7 Å². The van der Waals surface area contributed by atoms with Crippen molar-refractivity contribution >= 4 is 22.5 Å². The van der Waals surface area contributed by atoms with Crippen molar-refractivity contribution in [1.29, 1.82) is 0 Å². The van der Waals surface area contributed by atoms with Crippen molar-refractivity contribution in [2.75, 3.05) is 11.5 Å². The maximum absolute atomic E-state index is 14.9. The number of nitrogen functional groups attached to an aromatic ring is 2. The van der Waals surface area contributed by atoms with E-state index < -0.39 is 35.1 Å². The zero-order valence-electron chi connectivity index (χ0n) is 27.3. The Labute approximate surface area is 274 Å². The van der Waals surface area contributed by atoms with Crippen LogP contribution in [0.3, 0.4) is 0 Å². The van der Waals surface area contributed by atoms with E-state index in [0.29, 0.717) is 22.4 Å². The molecule has 0 aliphatic rings. The smallest absolute Gasteiger partial charge is 0.397 e. The van der Waals surface area contributed by atoms with Crippen molar-refractivity contribution in [1.82, 2.24) is 9.97 Å². The first-order chi connectivity index (χ1) is 22.1. The first-order valence-electron chi connectivity index (χ1n) is 14.7. The van der Waals surface area contributed by atoms with Gasteiger partial charge in [0.1, 0.15) is 11.4 Å². The van der Waals surface area contributed by atoms with Gasteiger partial charge in [0, 0.05) is 22.3 Å². The molecule has 2 heterocycles. The van der Waals surface area contributed by atoms with Gasteiger partial charge in [-0.05, 0) is 61.1 Å². The van der Waals surface area contributed by atoms with Crippen LogP contribution in [0.4, 0.5) is 46.5 Å². The van der Waals surface area contributed by atoms with Crippen molar-refractivity contribution in [3.63, 3.8) is 0 Å². The van der Waals surface area contributed by atoms with Gasteiger partial charge in [0.15, 0.2) is 11.6 Å². The predicted octanol–water partition coefficient (Wildman–Crippen LogP) is 11.3. The second-order valence-electron chi connectivity index (χ2n) is 11.9. The first-order valence-corrected chi connectivity index (χ1v) is 14.7. The summed E-state index contributed by atoms with van der Waals surface area (Å²) in [6.45, 7) is 17.9. The van der Waals surface area contributed by atoms with E-state index in [9.17, 15) is 35.1 Å². The van der Waals surface area contributed by atoms with Gasteiger partial charge in [-0.25, -0.2) is 18.7 Å². The van der Waals surface area contributed by atoms with Crippen LogP contribution in [0.25, 0.3) is 33.7 Å². The summed E-state index contributed by atoms with van der Waals surface area (Å²) in [6.07, 6.45) is -9.03. The van der Waals surface area contributed by atoms with Gasteiger partial charge in [-0.1, -0.05) is 65.1 Å². The molecule has 0 unspecified atom stereocenters. The standard InChI is InChI=1S/C18H20F4N2.C18H16F4N2/c2*1-9(2)13-14(19)17(24-16(10(3)4)15(13)23)11-6-5-7-12(8-11)18(20,21)22/h5-10H,23H2,1-4H3;5-8H,1,3,23H2,2,4H3. The van der Waals surface area contributed by atoms with Gasteiger partial charge in [0.25, 0.3) is 0 Å². The summed E-state index contributed by atoms with van der Waals surface area (Å²) in [6, 6.07) is 8.87. The van der Waals surface area contributed by atoms with E-state index in [1.807, 2.05) is 13.8 Å². The molecule has 2 aromatic heterocycles. The van der Waals surface area contributed by atoms with E-state index >= 15 is 0 Å². The third-order valence-corrected chi connectivity index (χ3v) is 7.30. The van der Waals surface area contributed by atoms with Crippen LogP contribution in [0.2, 0.25) is 0 Å². The van der Waals surface area contributed by atoms with Gasteiger partial charge in [-0.3, -0.25) is 0 Å². The number of alkyl halides is 6. The van der Waals surface area contributed by atoms with Crippen LogP contribution in [0.5, 0.6) is 0 Å². The molecule has 2 aromatic carbocycles. The Kier molecular flexibility index (Phi) is 11.1. The summed E-state index contributed by atoms with van der Waals surface area (Å²) in [5.74, 6) is -1.75. The van der Waals surface area contributed by atoms with Crippen molar-refractivity contribution in [2.24, 2.45) is 0 Å². The zero-order chi connectivity index (χ0) is 36.5. The molecule has 0 aliphatic carbocycles. The third kappa shape index (κ3) is 8.03. The molecule has 0 saturated heterocycles. The molecule has 12 heteroatoms. The zero-order valence-corrected chi connectivity index (χ0v) is 27.3. The lowest BCUT2D eigenvalue weighted by molar-refractivity contribution is -0.138. The summed E-state index contributed by atoms with van der Waals surface area (Å²) in [5.41, 5.74) is 12.3. The van der Waals surface area contributed by atoms with E-state index in [1.165, 1.54) is 24.3 Å². The minimum atomic E-state index is -4.53. The molecule has 0 radical (unpaired) electrons. The number of hydrogen-bond donors (Lipinski definition) is 2. The lowest BCUT2D eigenvalue weighted by atomic mass is 9.94. The Morgan fingerprint density at radius 1 is 0.667 bits per heavy atom. The quantitative estimate of drug-likeness (QED) is 0.199. The molecule has 4 aromatic rings. The van der Waals surface area contributed by atoms with Crippen molar-refractivity contribution < 1.29 is 35.1 Å². The van der Waals surface area contributed by atoms with E-state index in [2.05, 4.69) is 23.1 Å². The molecule has 0 bridgehead atoms. The van der Waals surface area contributed by atoms with Gasteiger partial charge in [-0.15, -0.1) is 0 Å². The normalized spacial score (nSPS) is 11.8. The second kappa shape index (κ2) is 14.2. The number of allylic oxidation sites excluding steroid dienone is 2. The van der Waals surface area contributed by atoms with Gasteiger partial charge in [0.2, 0.25) is 0 Å². The predicted molar refractivity (Wildman–Crippen MR) is 176 cm³/mol. The number of rotatable bonds is 6. The fourth-order valence-electron chi connectivity index (χ4n) is 5.00. The molecule has 0 saturated carbocycles. The average Bonchev–Trinajstić information content (AvgIpc) is 2.96. The molecule has 256 valence electrons. The number of pyridine rings is 2. The third-order valence-electron chi connectivity index (χ3n) is 7.30. The van der Waals surface area contributed by atoms with E-state index in [4.69, 9.17) is 11.5 Å². The van der Waals surface area contributed by atoms with Crippen LogP contribution in [0, 0.1) is 11.6 Å². The summed E-state index contributed by atoms with van der Waals surface area (Å²) >= 11 is 0. The highest BCUT2D eigenvalue weighted by molar-refractivity contribution is 5.84. The SMILES string of the molecule is C=C(C)c1nc(-c2cccc(C(F)(F)F)c2)c(F)c(C(=C)C)c1N.CC(C)c1nc(-c2cccc(C(F)(F)F)c2)c(F)c(C(C)C)c1N. The number of halogens is 8. The molecular formula is C36H36F8N4. The van der Waals surface area contributed by atoms with Crippen molar-refractivity contribution in [2.45, 2.75) is 65.7 Å². The van der Waals surface area contributed by atoms with Gasteiger partial charge in [-0.2, -0.15) is 26.3 Å². The van der Waals surface area contributed by atoms with E-state index in [0.717, 1.165) is 24.3 Å². The molecule has 4 nitrogen and oxygen atoms in total. The van der Waals surface area contributed by atoms with Crippen LogP contribution in [0.1, 0.15) is 87.0 Å². The Morgan fingerprint density at radius 3 is 1.50 bits per heavy atom. The summed E-state index contributed by atoms with van der Waals surface area (Å²) in [5, 5.41) is 0. The lowest BCUT2D eigenvalue weighted by Crippen LogP contribution is -2.11. The number of aromatic nitrogens is 2. The maximum Gasteiger partial charge on any atom is 0.416 e. The fourth-order valence-corrected chi connectivity index (χ4v) is 5.00. The summed E-state index contributed by atoms with van der Waals surface area (Å²) in [4.78, 5) is 8.34. The van der Waals surface area contributed by atoms with Crippen LogP contribution in [-0.2, 0) is 12.4 Å². The number of anilines is 2. The Hall–Kier alpha value is -4.74. The van der Waals surface area contributed by atoms with Crippen LogP contribution >= 0.6 is 0 Å². The molecular weight excluding hydrogens is 640 g/mol. The molecule has 48 heavy (non-hydrogen) atoms. The Bertz CT molecular complexity index is 1850. The summed E-state index contributed by atoms with van der Waals surface area (Å²) in [7, 11) is 0. The largest absolute Gasteiger partial charge is 0.416 e. The Morgan fingerprint density at radius 2 is 1.12 bits per heavy atom. The van der Waals surface area contributed by atoms with E-state index in [-0.39, 0.29) is 57.0 Å². The number of hydrogen-bond acceptors (Lipinski definition) is 4. The second-order valence-corrected chi connectivity index (χ2v) is 11.9.